The number of nitrogens with two attached hydrogens (primary N) is 2. The molecular formula is C26H19N7O3S2. The van der Waals surface area contributed by atoms with Crippen molar-refractivity contribution < 1.29 is 13.2 Å². The molecule has 10 nitrogen and oxygen atoms in total. The summed E-state index contributed by atoms with van der Waals surface area (Å²) in [5.74, 6) is -0.430. The lowest BCUT2D eigenvalue weighted by Crippen LogP contribution is -2.15. The number of fused-ring (bicyclic) bond motifs is 1. The van der Waals surface area contributed by atoms with E-state index in [-0.39, 0.29) is 38.4 Å². The van der Waals surface area contributed by atoms with Crippen LogP contribution in [0.1, 0.15) is 26.5 Å². The molecule has 0 fully saturated rings. The average molecular weight is 542 g/mol. The van der Waals surface area contributed by atoms with Crippen LogP contribution in [-0.4, -0.2) is 29.2 Å². The van der Waals surface area contributed by atoms with Gasteiger partial charge >= 0.3 is 0 Å². The molecule has 0 bridgehead atoms. The highest BCUT2D eigenvalue weighted by molar-refractivity contribution is 7.92. The largest absolute Gasteiger partial charge is 0.397 e. The van der Waals surface area contributed by atoms with E-state index in [0.29, 0.717) is 27.0 Å². The number of pyridine rings is 1. The van der Waals surface area contributed by atoms with Gasteiger partial charge in [-0.1, -0.05) is 30.3 Å². The molecule has 0 unspecified atom stereocenters. The van der Waals surface area contributed by atoms with Gasteiger partial charge in [-0.3, -0.25) is 4.79 Å². The van der Waals surface area contributed by atoms with Crippen molar-refractivity contribution in [1.82, 2.24) is 15.0 Å². The first-order valence-corrected chi connectivity index (χ1v) is 13.4. The zero-order valence-corrected chi connectivity index (χ0v) is 21.5. The van der Waals surface area contributed by atoms with Gasteiger partial charge in [-0.05, 0) is 42.8 Å². The lowest BCUT2D eigenvalue weighted by Gasteiger charge is -2.09. The Morgan fingerprint density at radius 2 is 1.74 bits per heavy atom. The molecule has 0 aliphatic carbocycles. The van der Waals surface area contributed by atoms with E-state index in [0.717, 1.165) is 11.3 Å². The summed E-state index contributed by atoms with van der Waals surface area (Å²) in [7, 11) is -3.98. The number of carbonyl (C=O) groups excluding carboxylic acids is 1. The van der Waals surface area contributed by atoms with Gasteiger partial charge in [0.2, 0.25) is 11.7 Å². The Hall–Kier alpha value is -4.86. The van der Waals surface area contributed by atoms with Gasteiger partial charge in [-0.15, -0.1) is 11.3 Å². The summed E-state index contributed by atoms with van der Waals surface area (Å²) in [6.07, 6.45) is 1.45. The molecule has 0 saturated heterocycles. The molecule has 3 aromatic heterocycles. The number of sulfonamides is 1. The summed E-state index contributed by atoms with van der Waals surface area (Å²) < 4.78 is 27.8. The number of nitrogens with one attached hydrogen (secondary N) is 1. The second-order valence-corrected chi connectivity index (χ2v) is 10.9. The number of aryl methyl sites for hydroxylation is 1. The Labute approximate surface area is 221 Å². The monoisotopic (exact) mass is 541 g/mol. The van der Waals surface area contributed by atoms with Gasteiger partial charge < -0.3 is 11.5 Å². The molecule has 188 valence electrons. The number of hydrogen-bond acceptors (Lipinski definition) is 10. The number of thiophene rings is 1. The van der Waals surface area contributed by atoms with E-state index in [1.165, 1.54) is 30.5 Å². The first-order valence-electron chi connectivity index (χ1n) is 11.1. The molecule has 0 aliphatic rings. The maximum atomic E-state index is 13.4. The summed E-state index contributed by atoms with van der Waals surface area (Å²) in [5.41, 5.74) is 14.9. The number of ketones is 1. The van der Waals surface area contributed by atoms with Gasteiger partial charge in [0.05, 0.1) is 10.6 Å². The molecule has 0 atom stereocenters. The van der Waals surface area contributed by atoms with Crippen LogP contribution in [0.3, 0.4) is 0 Å². The smallest absolute Gasteiger partial charge is 0.264 e. The fraction of sp³-hybridized carbons (Fsp3) is 0.0385. The number of carbonyl (C=O) groups is 1. The van der Waals surface area contributed by atoms with Gasteiger partial charge in [-0.25, -0.2) is 28.1 Å². The molecule has 38 heavy (non-hydrogen) atoms. The van der Waals surface area contributed by atoms with Crippen molar-refractivity contribution in [1.29, 1.82) is 5.26 Å². The van der Waals surface area contributed by atoms with E-state index in [1.54, 1.807) is 13.0 Å². The van der Waals surface area contributed by atoms with Crippen LogP contribution in [0.15, 0.2) is 71.8 Å². The van der Waals surface area contributed by atoms with Gasteiger partial charge in [0, 0.05) is 28.4 Å². The Morgan fingerprint density at radius 3 is 2.39 bits per heavy atom. The highest BCUT2D eigenvalue weighted by Crippen LogP contribution is 2.43. The van der Waals surface area contributed by atoms with Crippen LogP contribution in [0.5, 0.6) is 0 Å². The summed E-state index contributed by atoms with van der Waals surface area (Å²) in [5, 5.41) is 10.2. The summed E-state index contributed by atoms with van der Waals surface area (Å²) in [4.78, 5) is 26.3. The zero-order valence-electron chi connectivity index (χ0n) is 19.8. The third-order valence-corrected chi connectivity index (χ3v) is 8.17. The minimum absolute atomic E-state index is 0.0405. The number of nitrogens with zero attached hydrogens (tertiary/aromatic N) is 4. The third kappa shape index (κ3) is 4.40. The van der Waals surface area contributed by atoms with Crippen molar-refractivity contribution in [3.8, 4) is 17.2 Å². The van der Waals surface area contributed by atoms with E-state index in [1.807, 2.05) is 30.3 Å². The van der Waals surface area contributed by atoms with Gasteiger partial charge in [-0.2, -0.15) is 5.26 Å². The van der Waals surface area contributed by atoms with Crippen LogP contribution in [0.4, 0.5) is 17.5 Å². The molecule has 12 heteroatoms. The normalized spacial score (nSPS) is 11.3. The van der Waals surface area contributed by atoms with E-state index in [4.69, 9.17) is 11.5 Å². The molecule has 0 radical (unpaired) electrons. The fourth-order valence-electron chi connectivity index (χ4n) is 3.94. The zero-order chi connectivity index (χ0) is 27.0. The standard InChI is InChI=1S/C26H19N7O3S2/c1-14-11-12-30-26(31-14)33-38(35,36)17-9-7-16(8-10-17)22(34)23-21(28)20-19(15-5-3-2-4-6-15)18(13-27)24(29)32-25(20)37-23/h2-12H,28H2,1H3,(H2,29,32)(H,30,31,33). The van der Waals surface area contributed by atoms with Crippen LogP contribution >= 0.6 is 11.3 Å². The van der Waals surface area contributed by atoms with E-state index in [2.05, 4.69) is 25.7 Å². The highest BCUT2D eigenvalue weighted by Gasteiger charge is 2.25. The summed E-state index contributed by atoms with van der Waals surface area (Å²) in [6.45, 7) is 1.72. The summed E-state index contributed by atoms with van der Waals surface area (Å²) >= 11 is 1.06. The van der Waals surface area contributed by atoms with Crippen molar-refractivity contribution in [3.05, 3.63) is 88.6 Å². The number of rotatable bonds is 6. The van der Waals surface area contributed by atoms with Crippen LogP contribution in [-0.2, 0) is 10.0 Å². The molecule has 0 spiro atoms. The molecule has 0 amide bonds. The minimum Gasteiger partial charge on any atom is -0.397 e. The second kappa shape index (κ2) is 9.55. The first kappa shape index (κ1) is 24.8. The SMILES string of the molecule is Cc1ccnc(NS(=O)(=O)c2ccc(C(=O)c3sc4nc(N)c(C#N)c(-c5ccccc5)c4c3N)cc2)n1. The molecule has 5 rings (SSSR count). The predicted molar refractivity (Wildman–Crippen MR) is 146 cm³/mol. The number of nitrogen functional groups attached to an aromatic ring is 2. The van der Waals surface area contributed by atoms with E-state index in [9.17, 15) is 18.5 Å². The molecular weight excluding hydrogens is 522 g/mol. The number of hydrogen-bond donors (Lipinski definition) is 3. The number of nitriles is 1. The second-order valence-electron chi connectivity index (χ2n) is 8.23. The molecule has 5 aromatic rings. The van der Waals surface area contributed by atoms with Crippen LogP contribution < -0.4 is 16.2 Å². The molecule has 3 heterocycles. The maximum Gasteiger partial charge on any atom is 0.264 e. The lowest BCUT2D eigenvalue weighted by molar-refractivity contribution is 0.104. The van der Waals surface area contributed by atoms with Gasteiger partial charge in [0.15, 0.2) is 0 Å². The molecule has 2 aromatic carbocycles. The number of anilines is 3. The quantitative estimate of drug-likeness (QED) is 0.267. The van der Waals surface area contributed by atoms with Crippen molar-refractivity contribution in [2.75, 3.05) is 16.2 Å². The lowest BCUT2D eigenvalue weighted by atomic mass is 9.97. The minimum atomic E-state index is -3.98. The summed E-state index contributed by atoms with van der Waals surface area (Å²) in [6, 6.07) is 18.3. The van der Waals surface area contributed by atoms with Crippen LogP contribution in [0.25, 0.3) is 21.3 Å². The maximum absolute atomic E-state index is 13.4. The van der Waals surface area contributed by atoms with Gasteiger partial charge in [0.1, 0.15) is 27.2 Å². The molecule has 5 N–H and O–H groups in total. The van der Waals surface area contributed by atoms with E-state index >= 15 is 0 Å². The first-order chi connectivity index (χ1) is 18.2. The van der Waals surface area contributed by atoms with Crippen molar-refractivity contribution in [2.24, 2.45) is 0 Å². The average Bonchev–Trinajstić information content (AvgIpc) is 3.23. The molecule has 0 saturated carbocycles. The van der Waals surface area contributed by atoms with Crippen LogP contribution in [0.2, 0.25) is 0 Å². The van der Waals surface area contributed by atoms with Crippen LogP contribution in [0, 0.1) is 18.3 Å². The van der Waals surface area contributed by atoms with Crippen molar-refractivity contribution in [3.63, 3.8) is 0 Å². The topological polar surface area (TPSA) is 178 Å². The Balaban J connectivity index is 1.53. The third-order valence-electron chi connectivity index (χ3n) is 5.73. The number of aromatic nitrogens is 3. The van der Waals surface area contributed by atoms with Crippen molar-refractivity contribution >= 4 is 54.8 Å². The predicted octanol–water partition coefficient (Wildman–Crippen LogP) is 4.13. The highest BCUT2D eigenvalue weighted by atomic mass is 32.2. The Morgan fingerprint density at radius 1 is 1.03 bits per heavy atom. The number of benzene rings is 2. The van der Waals surface area contributed by atoms with E-state index < -0.39 is 15.8 Å². The Kier molecular flexibility index (Phi) is 6.23. The Bertz CT molecular complexity index is 1860. The van der Waals surface area contributed by atoms with Crippen molar-refractivity contribution in [2.45, 2.75) is 11.8 Å². The van der Waals surface area contributed by atoms with Gasteiger partial charge in [0.25, 0.3) is 10.0 Å². The molecule has 0 aliphatic heterocycles. The fourth-order valence-corrected chi connectivity index (χ4v) is 5.96.